The predicted molar refractivity (Wildman–Crippen MR) is 144 cm³/mol. The van der Waals surface area contributed by atoms with Gasteiger partial charge in [-0.15, -0.1) is 0 Å². The Hall–Kier alpha value is -4.59. The van der Waals surface area contributed by atoms with Gasteiger partial charge in [0.15, 0.2) is 5.69 Å². The van der Waals surface area contributed by atoms with Crippen molar-refractivity contribution in [2.75, 3.05) is 0 Å². The third-order valence-electron chi connectivity index (χ3n) is 6.09. The molecule has 0 atom stereocenters. The van der Waals surface area contributed by atoms with Crippen LogP contribution < -0.4 is 20.4 Å². The minimum atomic E-state index is -0.972. The monoisotopic (exact) mass is 521 g/mol. The van der Waals surface area contributed by atoms with Crippen molar-refractivity contribution in [3.63, 3.8) is 0 Å². The van der Waals surface area contributed by atoms with E-state index < -0.39 is 20.2 Å². The van der Waals surface area contributed by atoms with Crippen LogP contribution in [0.1, 0.15) is 21.5 Å². The maximum Gasteiger partial charge on any atom is 0.491 e. The van der Waals surface area contributed by atoms with Crippen molar-refractivity contribution in [3.05, 3.63) is 113 Å². The first-order valence-corrected chi connectivity index (χ1v) is 11.9. The second kappa shape index (κ2) is 11.4. The summed E-state index contributed by atoms with van der Waals surface area (Å²) < 4.78 is 21.6. The normalized spacial score (nSPS) is 13.1. The van der Waals surface area contributed by atoms with E-state index in [4.69, 9.17) is 30.5 Å². The van der Waals surface area contributed by atoms with Crippen LogP contribution in [0.2, 0.25) is 0 Å². The Morgan fingerprint density at radius 2 is 1.15 bits per heavy atom. The van der Waals surface area contributed by atoms with Gasteiger partial charge < -0.3 is 33.9 Å². The topological polar surface area (TPSA) is 119 Å². The van der Waals surface area contributed by atoms with E-state index >= 15 is 0 Å². The predicted octanol–water partition coefficient (Wildman–Crippen LogP) is 3.64. The molecule has 11 heteroatoms. The number of fused-ring (bicyclic) bond motifs is 2. The molecule has 0 unspecified atom stereocenters. The van der Waals surface area contributed by atoms with E-state index in [1.807, 2.05) is 6.07 Å². The second-order valence-corrected chi connectivity index (χ2v) is 8.69. The number of carboxylic acid groups (broad SMARTS) is 1. The standard InChI is InChI=1S/C14H10BNO3.C14H11BO5/c1-16-11-2-4-12(5-3-11)19-13-6-7-14-10(8-13)9-18-15(14)17;16-14(17)9-1-3-11(4-2-9)20-12-5-6-13-10(7-12)8-19-15(13)18/h2-8,17H,9H2;1-7,18H,8H2,(H,16,17). The molecule has 6 rings (SSSR count). The molecule has 0 bridgehead atoms. The van der Waals surface area contributed by atoms with Gasteiger partial charge in [-0.25, -0.2) is 9.64 Å². The molecule has 2 aliphatic rings. The summed E-state index contributed by atoms with van der Waals surface area (Å²) in [5.74, 6) is 1.55. The summed E-state index contributed by atoms with van der Waals surface area (Å²) in [6.45, 7) is 7.63. The third kappa shape index (κ3) is 6.12. The van der Waals surface area contributed by atoms with Crippen molar-refractivity contribution in [1.29, 1.82) is 0 Å². The van der Waals surface area contributed by atoms with Crippen molar-refractivity contribution in [1.82, 2.24) is 0 Å². The van der Waals surface area contributed by atoms with Crippen LogP contribution in [0.3, 0.4) is 0 Å². The van der Waals surface area contributed by atoms with E-state index in [2.05, 4.69) is 4.85 Å². The van der Waals surface area contributed by atoms with Crippen LogP contribution >= 0.6 is 0 Å². The maximum absolute atomic E-state index is 10.8. The van der Waals surface area contributed by atoms with Crippen LogP contribution in [0, 0.1) is 6.57 Å². The van der Waals surface area contributed by atoms with Gasteiger partial charge >= 0.3 is 20.2 Å². The molecule has 0 aromatic heterocycles. The first kappa shape index (κ1) is 26.0. The van der Waals surface area contributed by atoms with Crippen molar-refractivity contribution in [2.45, 2.75) is 13.2 Å². The lowest BCUT2D eigenvalue weighted by Gasteiger charge is -2.07. The third-order valence-corrected chi connectivity index (χ3v) is 6.09. The number of hydrogen-bond acceptors (Lipinski definition) is 7. The summed E-state index contributed by atoms with van der Waals surface area (Å²) in [6.07, 6.45) is 0. The quantitative estimate of drug-likeness (QED) is 0.269. The van der Waals surface area contributed by atoms with Gasteiger partial charge in [-0.3, -0.25) is 0 Å². The van der Waals surface area contributed by atoms with E-state index in [0.717, 1.165) is 22.1 Å². The van der Waals surface area contributed by atoms with E-state index in [9.17, 15) is 14.8 Å². The lowest BCUT2D eigenvalue weighted by molar-refractivity contribution is 0.0697. The fourth-order valence-corrected chi connectivity index (χ4v) is 4.07. The highest BCUT2D eigenvalue weighted by Gasteiger charge is 2.28. The van der Waals surface area contributed by atoms with Crippen LogP contribution in [-0.2, 0) is 22.5 Å². The van der Waals surface area contributed by atoms with Crippen LogP contribution in [0.15, 0.2) is 84.9 Å². The fraction of sp³-hybridized carbons (Fsp3) is 0.0714. The van der Waals surface area contributed by atoms with E-state index in [-0.39, 0.29) is 5.56 Å². The summed E-state index contributed by atoms with van der Waals surface area (Å²) in [4.78, 5) is 14.1. The summed E-state index contributed by atoms with van der Waals surface area (Å²) in [5.41, 5.74) is 4.15. The van der Waals surface area contributed by atoms with Gasteiger partial charge in [-0.05, 0) is 82.7 Å². The van der Waals surface area contributed by atoms with Crippen molar-refractivity contribution in [2.24, 2.45) is 0 Å². The molecule has 0 radical (unpaired) electrons. The summed E-state index contributed by atoms with van der Waals surface area (Å²) in [5, 5.41) is 27.9. The molecule has 39 heavy (non-hydrogen) atoms. The van der Waals surface area contributed by atoms with Gasteiger partial charge in [0.1, 0.15) is 23.0 Å². The van der Waals surface area contributed by atoms with Gasteiger partial charge in [0.25, 0.3) is 0 Å². The van der Waals surface area contributed by atoms with Crippen LogP contribution in [0.25, 0.3) is 4.85 Å². The highest BCUT2D eigenvalue weighted by atomic mass is 16.5. The molecule has 0 fully saturated rings. The molecule has 0 spiro atoms. The van der Waals surface area contributed by atoms with E-state index in [1.54, 1.807) is 66.7 Å². The molecule has 0 amide bonds. The molecule has 2 heterocycles. The Bertz CT molecular complexity index is 1540. The number of hydrogen-bond donors (Lipinski definition) is 3. The second-order valence-electron chi connectivity index (χ2n) is 8.69. The van der Waals surface area contributed by atoms with Crippen LogP contribution in [-0.4, -0.2) is 35.4 Å². The van der Waals surface area contributed by atoms with Gasteiger partial charge in [0.2, 0.25) is 0 Å². The van der Waals surface area contributed by atoms with Gasteiger partial charge in [0, 0.05) is 0 Å². The number of ether oxygens (including phenoxy) is 2. The van der Waals surface area contributed by atoms with Crippen molar-refractivity contribution >= 4 is 36.8 Å². The smallest absolute Gasteiger partial charge is 0.478 e. The molecule has 2 aliphatic heterocycles. The Morgan fingerprint density at radius 3 is 1.59 bits per heavy atom. The highest BCUT2D eigenvalue weighted by molar-refractivity contribution is 6.62. The lowest BCUT2D eigenvalue weighted by Crippen LogP contribution is -2.27. The zero-order valence-corrected chi connectivity index (χ0v) is 20.5. The number of nitrogens with zero attached hydrogens (tertiary/aromatic N) is 1. The maximum atomic E-state index is 10.8. The van der Waals surface area contributed by atoms with Gasteiger partial charge in [-0.1, -0.05) is 24.3 Å². The number of carboxylic acids is 1. The average molecular weight is 521 g/mol. The van der Waals surface area contributed by atoms with Gasteiger partial charge in [-0.2, -0.15) is 0 Å². The zero-order chi connectivity index (χ0) is 27.4. The number of carbonyl (C=O) groups is 1. The minimum absolute atomic E-state index is 0.211. The molecular weight excluding hydrogens is 500 g/mol. The number of aromatic carboxylic acids is 1. The molecule has 192 valence electrons. The largest absolute Gasteiger partial charge is 0.491 e. The zero-order valence-electron chi connectivity index (χ0n) is 20.5. The molecule has 9 nitrogen and oxygen atoms in total. The molecule has 4 aromatic carbocycles. The number of benzene rings is 4. The Balaban J connectivity index is 0.000000158. The molecule has 0 aliphatic carbocycles. The van der Waals surface area contributed by atoms with E-state index in [1.165, 1.54) is 12.1 Å². The van der Waals surface area contributed by atoms with Gasteiger partial charge in [0.05, 0.1) is 25.3 Å². The SMILES string of the molecule is O=C(O)c1ccc(Oc2ccc3c(c2)COB3O)cc1.[C-]#[N+]c1ccc(Oc2ccc3c(c2)COB3O)cc1. The van der Waals surface area contributed by atoms with Crippen molar-refractivity contribution < 1.29 is 38.7 Å². The average Bonchev–Trinajstić information content (AvgIpc) is 3.51. The lowest BCUT2D eigenvalue weighted by atomic mass is 9.80. The number of rotatable bonds is 5. The summed E-state index contributed by atoms with van der Waals surface area (Å²) in [6, 6.07) is 23.8. The van der Waals surface area contributed by atoms with Crippen molar-refractivity contribution in [3.8, 4) is 23.0 Å². The molecule has 4 aromatic rings. The summed E-state index contributed by atoms with van der Waals surface area (Å²) >= 11 is 0. The fourth-order valence-electron chi connectivity index (χ4n) is 4.07. The summed E-state index contributed by atoms with van der Waals surface area (Å²) in [7, 11) is -1.70. The van der Waals surface area contributed by atoms with Crippen LogP contribution in [0.5, 0.6) is 23.0 Å². The first-order chi connectivity index (χ1) is 18.9. The Kier molecular flexibility index (Phi) is 7.63. The molecular formula is C28H21B2NO8. The first-order valence-electron chi connectivity index (χ1n) is 11.9. The highest BCUT2D eigenvalue weighted by Crippen LogP contribution is 2.26. The Labute approximate surface area is 224 Å². The molecule has 0 saturated carbocycles. The van der Waals surface area contributed by atoms with Crippen LogP contribution in [0.4, 0.5) is 5.69 Å². The minimum Gasteiger partial charge on any atom is -0.478 e. The van der Waals surface area contributed by atoms with E-state index in [0.29, 0.717) is 41.9 Å². The Morgan fingerprint density at radius 1 is 0.718 bits per heavy atom. The molecule has 0 saturated heterocycles. The molecule has 3 N–H and O–H groups in total.